The number of hydrogen-bond donors (Lipinski definition) is 2. The molecule has 0 heterocycles. The van der Waals surface area contributed by atoms with E-state index < -0.39 is 23.4 Å². The second-order valence-corrected chi connectivity index (χ2v) is 5.57. The van der Waals surface area contributed by atoms with Crippen molar-refractivity contribution in [1.82, 2.24) is 5.32 Å². The third-order valence-corrected chi connectivity index (χ3v) is 3.45. The number of nitro groups is 1. The Morgan fingerprint density at radius 2 is 2.08 bits per heavy atom. The monoisotopic (exact) mass is 337 g/mol. The number of rotatable bonds is 9. The Kier molecular flexibility index (Phi) is 7.67. The summed E-state index contributed by atoms with van der Waals surface area (Å²) in [6.07, 6.45) is 4.08. The van der Waals surface area contributed by atoms with Gasteiger partial charge in [-0.15, -0.1) is 0 Å². The molecule has 8 heteroatoms. The van der Waals surface area contributed by atoms with Gasteiger partial charge in [-0.05, 0) is 25.5 Å². The number of nitrogens with one attached hydrogen (secondary N) is 1. The normalized spacial score (nSPS) is 11.6. The molecular weight excluding hydrogens is 314 g/mol. The van der Waals surface area contributed by atoms with E-state index in [-0.39, 0.29) is 23.0 Å². The Bertz CT molecular complexity index is 603. The molecular formula is C16H23N3O5. The van der Waals surface area contributed by atoms with E-state index in [4.69, 9.17) is 10.5 Å². The van der Waals surface area contributed by atoms with Crippen LogP contribution in [-0.2, 0) is 9.53 Å². The largest absolute Gasteiger partial charge is 0.452 e. The number of esters is 1. The number of amides is 1. The number of nitrogen functional groups attached to an aromatic ring is 1. The molecule has 24 heavy (non-hydrogen) atoms. The van der Waals surface area contributed by atoms with Crippen molar-refractivity contribution in [1.29, 1.82) is 0 Å². The lowest BCUT2D eigenvalue weighted by Crippen LogP contribution is -2.35. The summed E-state index contributed by atoms with van der Waals surface area (Å²) in [4.78, 5) is 33.7. The van der Waals surface area contributed by atoms with E-state index in [0.29, 0.717) is 0 Å². The molecule has 0 bridgehead atoms. The van der Waals surface area contributed by atoms with Gasteiger partial charge < -0.3 is 15.8 Å². The summed E-state index contributed by atoms with van der Waals surface area (Å²) in [6, 6.07) is 3.60. The number of hydrogen-bond acceptors (Lipinski definition) is 6. The molecule has 0 aliphatic heterocycles. The number of carbonyl (C=O) groups is 2. The molecule has 0 aliphatic carbocycles. The van der Waals surface area contributed by atoms with Crippen LogP contribution in [0.25, 0.3) is 0 Å². The fourth-order valence-corrected chi connectivity index (χ4v) is 2.13. The Balaban J connectivity index is 2.49. The van der Waals surface area contributed by atoms with Gasteiger partial charge >= 0.3 is 5.97 Å². The van der Waals surface area contributed by atoms with Crippen LogP contribution in [0.5, 0.6) is 0 Å². The van der Waals surface area contributed by atoms with Crippen LogP contribution in [0, 0.1) is 10.1 Å². The third-order valence-electron chi connectivity index (χ3n) is 3.45. The maximum atomic E-state index is 11.9. The van der Waals surface area contributed by atoms with Crippen LogP contribution in [0.1, 0.15) is 49.9 Å². The van der Waals surface area contributed by atoms with Crippen molar-refractivity contribution in [3.63, 3.8) is 0 Å². The van der Waals surface area contributed by atoms with Crippen LogP contribution in [0.15, 0.2) is 18.2 Å². The molecule has 0 aromatic heterocycles. The maximum absolute atomic E-state index is 11.9. The lowest BCUT2D eigenvalue weighted by Gasteiger charge is -2.13. The molecule has 0 saturated heterocycles. The number of anilines is 1. The molecule has 0 radical (unpaired) electrons. The predicted molar refractivity (Wildman–Crippen MR) is 89.5 cm³/mol. The summed E-state index contributed by atoms with van der Waals surface area (Å²) in [5.41, 5.74) is 5.01. The lowest BCUT2D eigenvalue weighted by atomic mass is 10.1. The summed E-state index contributed by atoms with van der Waals surface area (Å²) < 4.78 is 4.88. The summed E-state index contributed by atoms with van der Waals surface area (Å²) in [5.74, 6) is -1.22. The maximum Gasteiger partial charge on any atom is 0.338 e. The van der Waals surface area contributed by atoms with Crippen LogP contribution in [0.3, 0.4) is 0 Å². The average molecular weight is 337 g/mol. The second-order valence-electron chi connectivity index (χ2n) is 5.57. The van der Waals surface area contributed by atoms with E-state index in [1.54, 1.807) is 0 Å². The number of ether oxygens (including phenoxy) is 1. The molecule has 0 unspecified atom stereocenters. The molecule has 1 aromatic carbocycles. The van der Waals surface area contributed by atoms with E-state index in [9.17, 15) is 19.7 Å². The molecule has 0 saturated carbocycles. The predicted octanol–water partition coefficient (Wildman–Crippen LogP) is 2.42. The van der Waals surface area contributed by atoms with Crippen molar-refractivity contribution in [2.45, 2.75) is 45.6 Å². The number of nitrogens with zero attached hydrogens (tertiary/aromatic N) is 1. The van der Waals surface area contributed by atoms with Gasteiger partial charge in [0.05, 0.1) is 10.5 Å². The molecule has 0 spiro atoms. The first kappa shape index (κ1) is 19.4. The van der Waals surface area contributed by atoms with Crippen molar-refractivity contribution < 1.29 is 19.2 Å². The number of nitro benzene ring substituents is 1. The second kappa shape index (κ2) is 9.49. The Hall–Kier alpha value is -2.64. The van der Waals surface area contributed by atoms with E-state index in [2.05, 4.69) is 12.2 Å². The van der Waals surface area contributed by atoms with Crippen molar-refractivity contribution in [2.24, 2.45) is 0 Å². The Labute approximate surface area is 140 Å². The van der Waals surface area contributed by atoms with Gasteiger partial charge in [0.2, 0.25) is 0 Å². The zero-order valence-corrected chi connectivity index (χ0v) is 13.9. The van der Waals surface area contributed by atoms with Crippen LogP contribution >= 0.6 is 0 Å². The van der Waals surface area contributed by atoms with Gasteiger partial charge in [0.15, 0.2) is 6.61 Å². The average Bonchev–Trinajstić information content (AvgIpc) is 2.53. The van der Waals surface area contributed by atoms with Crippen molar-refractivity contribution in [2.75, 3.05) is 12.3 Å². The van der Waals surface area contributed by atoms with E-state index in [1.807, 2.05) is 6.92 Å². The molecule has 1 amide bonds. The van der Waals surface area contributed by atoms with Gasteiger partial charge in [-0.3, -0.25) is 14.9 Å². The zero-order valence-electron chi connectivity index (χ0n) is 13.9. The first-order valence-corrected chi connectivity index (χ1v) is 7.85. The van der Waals surface area contributed by atoms with Gasteiger partial charge in [0.25, 0.3) is 11.6 Å². The van der Waals surface area contributed by atoms with Crippen molar-refractivity contribution >= 4 is 23.3 Å². The van der Waals surface area contributed by atoms with Gasteiger partial charge in [0.1, 0.15) is 5.69 Å². The van der Waals surface area contributed by atoms with E-state index in [1.165, 1.54) is 12.1 Å². The highest BCUT2D eigenvalue weighted by Crippen LogP contribution is 2.22. The molecule has 8 nitrogen and oxygen atoms in total. The minimum atomic E-state index is -0.813. The standard InChI is InChI=1S/C16H23N3O5/c1-3-4-5-6-11(2)18-15(20)10-24-16(21)12-7-8-13(17)14(9-12)19(22)23/h7-9,11H,3-6,10,17H2,1-2H3,(H,18,20)/t11-/m1/s1. The van der Waals surface area contributed by atoms with Crippen LogP contribution in [-0.4, -0.2) is 29.4 Å². The van der Waals surface area contributed by atoms with Gasteiger partial charge in [-0.2, -0.15) is 0 Å². The first-order chi connectivity index (χ1) is 11.3. The smallest absolute Gasteiger partial charge is 0.338 e. The lowest BCUT2D eigenvalue weighted by molar-refractivity contribution is -0.383. The van der Waals surface area contributed by atoms with Crippen LogP contribution in [0.2, 0.25) is 0 Å². The van der Waals surface area contributed by atoms with E-state index in [0.717, 1.165) is 31.7 Å². The minimum Gasteiger partial charge on any atom is -0.452 e. The molecule has 1 aromatic rings. The zero-order chi connectivity index (χ0) is 18.1. The molecule has 1 rings (SSSR count). The molecule has 1 atom stereocenters. The topological polar surface area (TPSA) is 125 Å². The molecule has 0 fully saturated rings. The SMILES string of the molecule is CCCCC[C@@H](C)NC(=O)COC(=O)c1ccc(N)c([N+](=O)[O-])c1. The van der Waals surface area contributed by atoms with Gasteiger partial charge in [0, 0.05) is 12.1 Å². The molecule has 0 aliphatic rings. The summed E-state index contributed by atoms with van der Waals surface area (Å²) in [7, 11) is 0. The highest BCUT2D eigenvalue weighted by Gasteiger charge is 2.17. The summed E-state index contributed by atoms with van der Waals surface area (Å²) in [5, 5.41) is 13.5. The van der Waals surface area contributed by atoms with Crippen molar-refractivity contribution in [3.05, 3.63) is 33.9 Å². The number of carbonyl (C=O) groups excluding carboxylic acids is 2. The fraction of sp³-hybridized carbons (Fsp3) is 0.500. The van der Waals surface area contributed by atoms with Gasteiger partial charge in [-0.1, -0.05) is 26.2 Å². The highest BCUT2D eigenvalue weighted by molar-refractivity contribution is 5.92. The number of nitrogens with two attached hydrogens (primary N) is 1. The fourth-order valence-electron chi connectivity index (χ4n) is 2.13. The molecule has 132 valence electrons. The van der Waals surface area contributed by atoms with E-state index >= 15 is 0 Å². The van der Waals surface area contributed by atoms with Gasteiger partial charge in [-0.25, -0.2) is 4.79 Å². The number of unbranched alkanes of at least 4 members (excludes halogenated alkanes) is 2. The molecule has 3 N–H and O–H groups in total. The number of benzene rings is 1. The third kappa shape index (κ3) is 6.23. The first-order valence-electron chi connectivity index (χ1n) is 7.85. The summed E-state index contributed by atoms with van der Waals surface area (Å²) >= 11 is 0. The highest BCUT2D eigenvalue weighted by atomic mass is 16.6. The minimum absolute atomic E-state index is 0.000336. The van der Waals surface area contributed by atoms with Crippen LogP contribution in [0.4, 0.5) is 11.4 Å². The Morgan fingerprint density at radius 3 is 2.71 bits per heavy atom. The quantitative estimate of drug-likeness (QED) is 0.234. The van der Waals surface area contributed by atoms with Crippen molar-refractivity contribution in [3.8, 4) is 0 Å². The Morgan fingerprint density at radius 1 is 1.38 bits per heavy atom. The van der Waals surface area contributed by atoms with Crippen LogP contribution < -0.4 is 11.1 Å². The summed E-state index contributed by atoms with van der Waals surface area (Å²) in [6.45, 7) is 3.55.